The Kier molecular flexibility index (Phi) is 8.17. The lowest BCUT2D eigenvalue weighted by Gasteiger charge is -2.35. The molecule has 1 aliphatic rings. The normalized spacial score (nSPS) is 17.0. The number of alkyl halides is 3. The van der Waals surface area contributed by atoms with Crippen LogP contribution in [0.2, 0.25) is 0 Å². The predicted octanol–water partition coefficient (Wildman–Crippen LogP) is 3.96. The molecule has 180 valence electrons. The van der Waals surface area contributed by atoms with Crippen LogP contribution in [0.3, 0.4) is 0 Å². The van der Waals surface area contributed by atoms with E-state index in [9.17, 15) is 21.6 Å². The van der Waals surface area contributed by atoms with E-state index >= 15 is 0 Å². The molecular formula is C23H27F3N2O4S. The maximum absolute atomic E-state index is 12.9. The minimum absolute atomic E-state index is 0.146. The van der Waals surface area contributed by atoms with Crippen molar-refractivity contribution in [1.29, 1.82) is 0 Å². The van der Waals surface area contributed by atoms with Gasteiger partial charge in [0.15, 0.2) is 0 Å². The molecule has 0 bridgehead atoms. The van der Waals surface area contributed by atoms with E-state index in [0.29, 0.717) is 32.0 Å². The first-order chi connectivity index (χ1) is 15.6. The van der Waals surface area contributed by atoms with Gasteiger partial charge in [-0.25, -0.2) is 8.42 Å². The van der Waals surface area contributed by atoms with Crippen LogP contribution in [0.15, 0.2) is 66.1 Å². The molecule has 0 aliphatic carbocycles. The average Bonchev–Trinajstić information content (AvgIpc) is 2.81. The molecule has 33 heavy (non-hydrogen) atoms. The van der Waals surface area contributed by atoms with Gasteiger partial charge in [-0.3, -0.25) is 4.90 Å². The lowest BCUT2D eigenvalue weighted by atomic mass is 10.1. The Bertz CT molecular complexity index is 1030. The predicted molar refractivity (Wildman–Crippen MR) is 119 cm³/mol. The number of sulfonamides is 1. The first kappa shape index (κ1) is 25.2. The summed E-state index contributed by atoms with van der Waals surface area (Å²) in [4.78, 5) is 1.96. The minimum atomic E-state index is -4.51. The fourth-order valence-electron chi connectivity index (χ4n) is 3.63. The molecule has 1 fully saturated rings. The van der Waals surface area contributed by atoms with Crippen molar-refractivity contribution in [3.63, 3.8) is 0 Å². The second-order valence-corrected chi connectivity index (χ2v) is 9.55. The van der Waals surface area contributed by atoms with Gasteiger partial charge in [-0.05, 0) is 42.0 Å². The third-order valence-corrected chi connectivity index (χ3v) is 7.37. The number of benzene rings is 2. The molecule has 2 aromatic rings. The van der Waals surface area contributed by atoms with E-state index in [0.717, 1.165) is 29.8 Å². The van der Waals surface area contributed by atoms with Gasteiger partial charge in [0.1, 0.15) is 5.75 Å². The Morgan fingerprint density at radius 2 is 1.76 bits per heavy atom. The lowest BCUT2D eigenvalue weighted by molar-refractivity contribution is -0.137. The summed E-state index contributed by atoms with van der Waals surface area (Å²) in [5.74, 6) is 0.715. The van der Waals surface area contributed by atoms with E-state index in [2.05, 4.69) is 11.5 Å². The fourth-order valence-corrected chi connectivity index (χ4v) is 5.05. The van der Waals surface area contributed by atoms with Crippen LogP contribution in [0.25, 0.3) is 0 Å². The highest BCUT2D eigenvalue weighted by Crippen LogP contribution is 2.30. The van der Waals surface area contributed by atoms with Crippen molar-refractivity contribution in [2.24, 2.45) is 0 Å². The molecule has 3 rings (SSSR count). The fraction of sp³-hybridized carbons (Fsp3) is 0.391. The highest BCUT2D eigenvalue weighted by atomic mass is 32.2. The van der Waals surface area contributed by atoms with E-state index < -0.39 is 21.8 Å². The van der Waals surface area contributed by atoms with Gasteiger partial charge in [-0.15, -0.1) is 6.58 Å². The molecule has 0 saturated carbocycles. The largest absolute Gasteiger partial charge is 0.497 e. The van der Waals surface area contributed by atoms with E-state index in [1.165, 1.54) is 4.31 Å². The first-order valence-corrected chi connectivity index (χ1v) is 11.9. The average molecular weight is 485 g/mol. The Morgan fingerprint density at radius 1 is 1.09 bits per heavy atom. The molecule has 1 atom stereocenters. The molecule has 1 unspecified atom stereocenters. The summed E-state index contributed by atoms with van der Waals surface area (Å²) in [6.07, 6.45) is -3.10. The number of halogens is 3. The zero-order valence-electron chi connectivity index (χ0n) is 18.3. The molecule has 2 aromatic carbocycles. The van der Waals surface area contributed by atoms with Crippen LogP contribution in [0.5, 0.6) is 5.75 Å². The van der Waals surface area contributed by atoms with Crippen molar-refractivity contribution in [2.45, 2.75) is 17.2 Å². The summed E-state index contributed by atoms with van der Waals surface area (Å²) in [7, 11) is -2.28. The Morgan fingerprint density at radius 3 is 2.33 bits per heavy atom. The van der Waals surface area contributed by atoms with Gasteiger partial charge in [-0.2, -0.15) is 17.5 Å². The van der Waals surface area contributed by atoms with Crippen LogP contribution in [-0.2, 0) is 20.9 Å². The Labute approximate surface area is 192 Å². The standard InChI is InChI=1S/C23H27F3N2O4S/c1-3-15-32-22(18-5-4-6-20(16-18)31-2)17-27-11-13-28(14-12-27)33(29,30)21-9-7-19(8-10-21)23(24,25)26/h3-10,16,22H,1,11-15,17H2,2H3. The van der Waals surface area contributed by atoms with Crippen LogP contribution in [0, 0.1) is 0 Å². The third-order valence-electron chi connectivity index (χ3n) is 5.46. The van der Waals surface area contributed by atoms with Crippen LogP contribution >= 0.6 is 0 Å². The SMILES string of the molecule is C=CCOC(CN1CCN(S(=O)(=O)c2ccc(C(F)(F)F)cc2)CC1)c1cccc(OC)c1. The van der Waals surface area contributed by atoms with E-state index in [1.54, 1.807) is 13.2 Å². The summed E-state index contributed by atoms with van der Waals surface area (Å²) in [6.45, 7) is 6.01. The zero-order valence-corrected chi connectivity index (χ0v) is 19.1. The molecule has 0 amide bonds. The van der Waals surface area contributed by atoms with Crippen LogP contribution in [0.1, 0.15) is 17.2 Å². The number of hydrogen-bond donors (Lipinski definition) is 0. The van der Waals surface area contributed by atoms with Crippen molar-refractivity contribution in [3.05, 3.63) is 72.3 Å². The highest BCUT2D eigenvalue weighted by molar-refractivity contribution is 7.89. The minimum Gasteiger partial charge on any atom is -0.497 e. The van der Waals surface area contributed by atoms with Crippen molar-refractivity contribution in [3.8, 4) is 5.75 Å². The second kappa shape index (κ2) is 10.7. The first-order valence-electron chi connectivity index (χ1n) is 10.4. The molecule has 0 aromatic heterocycles. The number of piperazine rings is 1. The van der Waals surface area contributed by atoms with Crippen molar-refractivity contribution >= 4 is 10.0 Å². The summed E-state index contributed by atoms with van der Waals surface area (Å²) in [6, 6.07) is 11.2. The van der Waals surface area contributed by atoms with Crippen LogP contribution in [0.4, 0.5) is 13.2 Å². The highest BCUT2D eigenvalue weighted by Gasteiger charge is 2.33. The summed E-state index contributed by atoms with van der Waals surface area (Å²) < 4.78 is 76.6. The van der Waals surface area contributed by atoms with Gasteiger partial charge < -0.3 is 9.47 Å². The molecule has 0 N–H and O–H groups in total. The monoisotopic (exact) mass is 484 g/mol. The molecule has 0 radical (unpaired) electrons. The van der Waals surface area contributed by atoms with Crippen LogP contribution in [-0.4, -0.2) is 64.1 Å². The van der Waals surface area contributed by atoms with Crippen molar-refractivity contribution in [1.82, 2.24) is 9.21 Å². The maximum Gasteiger partial charge on any atom is 0.416 e. The maximum atomic E-state index is 12.9. The quantitative estimate of drug-likeness (QED) is 0.505. The van der Waals surface area contributed by atoms with E-state index in [4.69, 9.17) is 9.47 Å². The lowest BCUT2D eigenvalue weighted by Crippen LogP contribution is -2.49. The van der Waals surface area contributed by atoms with E-state index in [1.807, 2.05) is 24.3 Å². The number of rotatable bonds is 9. The number of methoxy groups -OCH3 is 1. The Hall–Kier alpha value is -2.40. The summed E-state index contributed by atoms with van der Waals surface area (Å²) >= 11 is 0. The summed E-state index contributed by atoms with van der Waals surface area (Å²) in [5, 5.41) is 0. The smallest absolute Gasteiger partial charge is 0.416 e. The van der Waals surface area contributed by atoms with Gasteiger partial charge in [0.25, 0.3) is 0 Å². The van der Waals surface area contributed by atoms with Crippen molar-refractivity contribution < 1.29 is 31.1 Å². The van der Waals surface area contributed by atoms with Crippen molar-refractivity contribution in [2.75, 3.05) is 46.4 Å². The molecule has 1 heterocycles. The van der Waals surface area contributed by atoms with Gasteiger partial charge in [0.05, 0.1) is 30.3 Å². The topological polar surface area (TPSA) is 59.1 Å². The molecule has 1 aliphatic heterocycles. The number of ether oxygens (including phenoxy) is 2. The zero-order chi connectivity index (χ0) is 24.1. The Balaban J connectivity index is 1.65. The molecule has 1 saturated heterocycles. The molecule has 6 nitrogen and oxygen atoms in total. The second-order valence-electron chi connectivity index (χ2n) is 7.61. The summed E-state index contributed by atoms with van der Waals surface area (Å²) in [5.41, 5.74) is 0.0605. The molecular weight excluding hydrogens is 457 g/mol. The van der Waals surface area contributed by atoms with Gasteiger partial charge >= 0.3 is 6.18 Å². The van der Waals surface area contributed by atoms with Crippen LogP contribution < -0.4 is 4.74 Å². The number of hydrogen-bond acceptors (Lipinski definition) is 5. The van der Waals surface area contributed by atoms with Gasteiger partial charge in [0.2, 0.25) is 10.0 Å². The number of nitrogens with zero attached hydrogens (tertiary/aromatic N) is 2. The van der Waals surface area contributed by atoms with E-state index in [-0.39, 0.29) is 24.1 Å². The van der Waals surface area contributed by atoms with Gasteiger partial charge in [0, 0.05) is 32.7 Å². The molecule has 0 spiro atoms. The van der Waals surface area contributed by atoms with Gasteiger partial charge in [-0.1, -0.05) is 18.2 Å². The third kappa shape index (κ3) is 6.35. The molecule has 10 heteroatoms.